The van der Waals surface area contributed by atoms with Crippen molar-refractivity contribution in [3.63, 3.8) is 0 Å². The van der Waals surface area contributed by atoms with Gasteiger partial charge < -0.3 is 4.90 Å². The summed E-state index contributed by atoms with van der Waals surface area (Å²) in [5, 5.41) is 7.65. The lowest BCUT2D eigenvalue weighted by Gasteiger charge is -2.32. The normalized spacial score (nSPS) is 18.1. The minimum Gasteiger partial charge on any atom is -0.356 e. The van der Waals surface area contributed by atoms with E-state index >= 15 is 0 Å². The van der Waals surface area contributed by atoms with E-state index in [4.69, 9.17) is 4.98 Å². The van der Waals surface area contributed by atoms with E-state index in [1.54, 1.807) is 11.3 Å². The van der Waals surface area contributed by atoms with E-state index in [1.807, 2.05) is 42.4 Å². The standard InChI is InChI=1S/C17H20N6S/c1-12-19-14(11-24-12)16-20-17(22(2)21-16)13-6-5-9-23(10-13)15-7-3-4-8-18-15/h3-4,7-8,11,13H,5-6,9-10H2,1-2H3/t13-/m0/s1. The van der Waals surface area contributed by atoms with Crippen LogP contribution >= 0.6 is 11.3 Å². The average molecular weight is 340 g/mol. The van der Waals surface area contributed by atoms with E-state index in [0.717, 1.165) is 54.1 Å². The van der Waals surface area contributed by atoms with Gasteiger partial charge in [-0.1, -0.05) is 6.07 Å². The molecule has 4 heterocycles. The van der Waals surface area contributed by atoms with Gasteiger partial charge in [-0.05, 0) is 31.9 Å². The fourth-order valence-electron chi connectivity index (χ4n) is 3.26. The lowest BCUT2D eigenvalue weighted by Crippen LogP contribution is -2.35. The Morgan fingerprint density at radius 2 is 2.17 bits per heavy atom. The first kappa shape index (κ1) is 15.3. The molecule has 0 radical (unpaired) electrons. The van der Waals surface area contributed by atoms with Crippen molar-refractivity contribution in [2.45, 2.75) is 25.7 Å². The Morgan fingerprint density at radius 1 is 1.25 bits per heavy atom. The molecule has 1 aliphatic heterocycles. The first-order valence-electron chi connectivity index (χ1n) is 8.20. The molecule has 7 heteroatoms. The molecular formula is C17H20N6S. The monoisotopic (exact) mass is 340 g/mol. The molecule has 0 amide bonds. The van der Waals surface area contributed by atoms with Crippen molar-refractivity contribution < 1.29 is 0 Å². The van der Waals surface area contributed by atoms with Crippen molar-refractivity contribution in [3.05, 3.63) is 40.6 Å². The van der Waals surface area contributed by atoms with Gasteiger partial charge in [0.25, 0.3) is 0 Å². The molecule has 4 rings (SSSR count). The van der Waals surface area contributed by atoms with Crippen LogP contribution in [0.1, 0.15) is 29.6 Å². The molecule has 0 aromatic carbocycles. The van der Waals surface area contributed by atoms with Crippen LogP contribution in [0.2, 0.25) is 0 Å². The predicted octanol–water partition coefficient (Wildman–Crippen LogP) is 3.03. The highest BCUT2D eigenvalue weighted by atomic mass is 32.1. The third-order valence-corrected chi connectivity index (χ3v) is 5.18. The zero-order valence-corrected chi connectivity index (χ0v) is 14.7. The maximum Gasteiger partial charge on any atom is 0.200 e. The summed E-state index contributed by atoms with van der Waals surface area (Å²) in [6, 6.07) is 6.06. The maximum atomic E-state index is 4.79. The average Bonchev–Trinajstić information content (AvgIpc) is 3.22. The molecule has 0 bridgehead atoms. The summed E-state index contributed by atoms with van der Waals surface area (Å²) in [4.78, 5) is 16.1. The number of aryl methyl sites for hydroxylation is 2. The fraction of sp³-hybridized carbons (Fsp3) is 0.412. The Hall–Kier alpha value is -2.28. The lowest BCUT2D eigenvalue weighted by molar-refractivity contribution is 0.472. The number of thiazole rings is 1. The molecule has 1 atom stereocenters. The van der Waals surface area contributed by atoms with Crippen LogP contribution in [0.3, 0.4) is 0 Å². The van der Waals surface area contributed by atoms with E-state index in [9.17, 15) is 0 Å². The van der Waals surface area contributed by atoms with Gasteiger partial charge in [-0.25, -0.2) is 15.0 Å². The summed E-state index contributed by atoms with van der Waals surface area (Å²) in [6.07, 6.45) is 4.12. The molecule has 3 aromatic rings. The molecule has 124 valence electrons. The minimum absolute atomic E-state index is 0.367. The van der Waals surface area contributed by atoms with Crippen molar-refractivity contribution in [1.82, 2.24) is 24.7 Å². The van der Waals surface area contributed by atoms with Crippen LogP contribution in [-0.4, -0.2) is 37.8 Å². The van der Waals surface area contributed by atoms with Gasteiger partial charge in [0, 0.05) is 37.6 Å². The number of piperidine rings is 1. The third-order valence-electron chi connectivity index (χ3n) is 4.40. The Bertz CT molecular complexity index is 825. The van der Waals surface area contributed by atoms with Gasteiger partial charge in [-0.2, -0.15) is 0 Å². The van der Waals surface area contributed by atoms with E-state index in [2.05, 4.69) is 26.0 Å². The van der Waals surface area contributed by atoms with Crippen LogP contribution in [0.25, 0.3) is 11.5 Å². The van der Waals surface area contributed by atoms with Crippen LogP contribution in [0.15, 0.2) is 29.8 Å². The van der Waals surface area contributed by atoms with Gasteiger partial charge in [0.1, 0.15) is 17.3 Å². The predicted molar refractivity (Wildman–Crippen MR) is 95.3 cm³/mol. The number of nitrogens with zero attached hydrogens (tertiary/aromatic N) is 6. The second-order valence-corrected chi connectivity index (χ2v) is 7.20. The molecule has 24 heavy (non-hydrogen) atoms. The topological polar surface area (TPSA) is 59.7 Å². The van der Waals surface area contributed by atoms with E-state index in [1.165, 1.54) is 0 Å². The van der Waals surface area contributed by atoms with Crippen LogP contribution in [-0.2, 0) is 7.05 Å². The Kier molecular flexibility index (Phi) is 4.02. The molecule has 3 aromatic heterocycles. The van der Waals surface area contributed by atoms with Crippen LogP contribution in [0.4, 0.5) is 5.82 Å². The Labute approximate surface area is 145 Å². The smallest absolute Gasteiger partial charge is 0.200 e. The largest absolute Gasteiger partial charge is 0.356 e. The SMILES string of the molecule is Cc1nc(-c2nc([C@H]3CCCN(c4ccccn4)C3)n(C)n2)cs1. The van der Waals surface area contributed by atoms with Crippen LogP contribution < -0.4 is 4.90 Å². The Morgan fingerprint density at radius 3 is 2.92 bits per heavy atom. The number of aromatic nitrogens is 5. The maximum absolute atomic E-state index is 4.79. The summed E-state index contributed by atoms with van der Waals surface area (Å²) < 4.78 is 1.91. The van der Waals surface area contributed by atoms with Gasteiger partial charge in [-0.15, -0.1) is 16.4 Å². The first-order chi connectivity index (χ1) is 11.7. The fourth-order valence-corrected chi connectivity index (χ4v) is 3.85. The lowest BCUT2D eigenvalue weighted by atomic mass is 9.97. The van der Waals surface area contributed by atoms with Crippen molar-refractivity contribution in [1.29, 1.82) is 0 Å². The van der Waals surface area contributed by atoms with Crippen molar-refractivity contribution in [2.24, 2.45) is 7.05 Å². The van der Waals surface area contributed by atoms with Gasteiger partial charge in [0.2, 0.25) is 5.82 Å². The summed E-state index contributed by atoms with van der Waals surface area (Å²) in [6.45, 7) is 3.98. The zero-order chi connectivity index (χ0) is 16.5. The van der Waals surface area contributed by atoms with Crippen LogP contribution in [0.5, 0.6) is 0 Å². The molecular weight excluding hydrogens is 320 g/mol. The van der Waals surface area contributed by atoms with Crippen molar-refractivity contribution in [3.8, 4) is 11.5 Å². The highest BCUT2D eigenvalue weighted by molar-refractivity contribution is 7.09. The van der Waals surface area contributed by atoms with Crippen LogP contribution in [0, 0.1) is 6.92 Å². The molecule has 0 saturated carbocycles. The molecule has 0 aliphatic carbocycles. The van der Waals surface area contributed by atoms with E-state index in [-0.39, 0.29) is 0 Å². The van der Waals surface area contributed by atoms with Gasteiger partial charge in [-0.3, -0.25) is 4.68 Å². The molecule has 0 spiro atoms. The second kappa shape index (κ2) is 6.32. The summed E-state index contributed by atoms with van der Waals surface area (Å²) in [7, 11) is 1.98. The van der Waals surface area contributed by atoms with E-state index in [0.29, 0.717) is 5.92 Å². The van der Waals surface area contributed by atoms with Gasteiger partial charge >= 0.3 is 0 Å². The van der Waals surface area contributed by atoms with Crippen molar-refractivity contribution in [2.75, 3.05) is 18.0 Å². The van der Waals surface area contributed by atoms with Gasteiger partial charge in [0.15, 0.2) is 0 Å². The second-order valence-electron chi connectivity index (χ2n) is 6.14. The summed E-state index contributed by atoms with van der Waals surface area (Å²) in [5.41, 5.74) is 0.872. The van der Waals surface area contributed by atoms with E-state index < -0.39 is 0 Å². The molecule has 0 unspecified atom stereocenters. The molecule has 1 saturated heterocycles. The quantitative estimate of drug-likeness (QED) is 0.733. The number of anilines is 1. The van der Waals surface area contributed by atoms with Gasteiger partial charge in [0.05, 0.1) is 5.01 Å². The molecule has 1 aliphatic rings. The summed E-state index contributed by atoms with van der Waals surface area (Å²) in [5.74, 6) is 3.18. The summed E-state index contributed by atoms with van der Waals surface area (Å²) >= 11 is 1.63. The van der Waals surface area contributed by atoms with Crippen molar-refractivity contribution >= 4 is 17.2 Å². The highest BCUT2D eigenvalue weighted by Gasteiger charge is 2.26. The minimum atomic E-state index is 0.367. The third kappa shape index (κ3) is 2.91. The number of pyridine rings is 1. The number of hydrogen-bond acceptors (Lipinski definition) is 6. The molecule has 0 N–H and O–H groups in total. The number of hydrogen-bond donors (Lipinski definition) is 0. The molecule has 1 fully saturated rings. The number of rotatable bonds is 3. The first-order valence-corrected chi connectivity index (χ1v) is 9.08. The Balaban J connectivity index is 1.58. The molecule has 6 nitrogen and oxygen atoms in total. The highest BCUT2D eigenvalue weighted by Crippen LogP contribution is 2.29. The zero-order valence-electron chi connectivity index (χ0n) is 13.9.